The Morgan fingerprint density at radius 3 is 2.17 bits per heavy atom. The van der Waals surface area contributed by atoms with Gasteiger partial charge in [0.1, 0.15) is 0 Å². The van der Waals surface area contributed by atoms with Gasteiger partial charge in [-0.3, -0.25) is 0 Å². The maximum absolute atomic E-state index is 10.3. The van der Waals surface area contributed by atoms with Crippen molar-refractivity contribution < 1.29 is 114 Å². The maximum Gasteiger partial charge on any atom is 1.00 e. The summed E-state index contributed by atoms with van der Waals surface area (Å²) in [7, 11) is 0. The first kappa shape index (κ1) is 20.2. The number of carboxylic acids is 1. The fourth-order valence-corrected chi connectivity index (χ4v) is 0.939. The Bertz CT molecular complexity index is 112. The molecule has 0 N–H and O–H groups in total. The van der Waals surface area contributed by atoms with Crippen molar-refractivity contribution in [2.24, 2.45) is 5.92 Å². The van der Waals surface area contributed by atoms with E-state index < -0.39 is 5.97 Å². The molecule has 0 spiro atoms. The molecule has 2 nitrogen and oxygen atoms in total. The van der Waals surface area contributed by atoms with E-state index in [2.05, 4.69) is 6.92 Å². The van der Waals surface area contributed by atoms with Gasteiger partial charge in [0.2, 0.25) is 0 Å². The summed E-state index contributed by atoms with van der Waals surface area (Å²) < 4.78 is 0. The van der Waals surface area contributed by atoms with Gasteiger partial charge in [-0.25, -0.2) is 0 Å². The van der Waals surface area contributed by atoms with E-state index in [9.17, 15) is 9.90 Å². The van der Waals surface area contributed by atoms with Crippen molar-refractivity contribution in [2.45, 2.75) is 39.5 Å². The predicted molar refractivity (Wildman–Crippen MR) is 39.4 cm³/mol. The maximum atomic E-state index is 10.3. The SMILES string of the molecule is CCCCC(CC)C(=O)[O-].[H-].[K+].[K+]. The average Bonchev–Trinajstić information content (AvgIpc) is 1.89. The number of hydrogen-bond acceptors (Lipinski definition) is 2. The Hall–Kier alpha value is 2.74. The zero-order valence-electron chi connectivity index (χ0n) is 9.72. The van der Waals surface area contributed by atoms with Gasteiger partial charge in [-0.1, -0.05) is 26.7 Å². The Labute approximate surface area is 162 Å². The Morgan fingerprint density at radius 1 is 1.42 bits per heavy atom. The fraction of sp³-hybridized carbons (Fsp3) is 0.875. The quantitative estimate of drug-likeness (QED) is 0.438. The van der Waals surface area contributed by atoms with E-state index in [0.29, 0.717) is 6.42 Å². The van der Waals surface area contributed by atoms with Crippen molar-refractivity contribution >= 4 is 5.97 Å². The monoisotopic (exact) mass is 222 g/mol. The average molecular weight is 222 g/mol. The molecule has 0 aliphatic heterocycles. The molecule has 0 aliphatic carbocycles. The standard InChI is InChI=1S/C8H16O2.2K.H/c1-3-5-6-7(4-2)8(9)10;;;/h7H,3-6H2,1-2H3,(H,9,10);;;/q;2*+1;-1/p-1. The van der Waals surface area contributed by atoms with Crippen molar-refractivity contribution in [3.05, 3.63) is 0 Å². The first-order valence-electron chi connectivity index (χ1n) is 3.93. The molecule has 0 aromatic carbocycles. The van der Waals surface area contributed by atoms with Crippen molar-refractivity contribution in [2.75, 3.05) is 0 Å². The molecule has 0 radical (unpaired) electrons. The zero-order chi connectivity index (χ0) is 7.98. The smallest absolute Gasteiger partial charge is 1.00 e. The van der Waals surface area contributed by atoms with E-state index in [-0.39, 0.29) is 110 Å². The molecule has 62 valence electrons. The summed E-state index contributed by atoms with van der Waals surface area (Å²) in [5.41, 5.74) is 0. The van der Waals surface area contributed by atoms with Crippen LogP contribution in [0.2, 0.25) is 0 Å². The Morgan fingerprint density at radius 2 is 1.92 bits per heavy atom. The van der Waals surface area contributed by atoms with Crippen molar-refractivity contribution in [1.82, 2.24) is 0 Å². The Balaban J connectivity index is -0.000000135. The van der Waals surface area contributed by atoms with Crippen molar-refractivity contribution in [1.29, 1.82) is 0 Å². The van der Waals surface area contributed by atoms with Gasteiger partial charge < -0.3 is 11.3 Å². The van der Waals surface area contributed by atoms with Gasteiger partial charge in [0, 0.05) is 5.97 Å². The van der Waals surface area contributed by atoms with Gasteiger partial charge in [0.05, 0.1) is 0 Å². The summed E-state index contributed by atoms with van der Waals surface area (Å²) in [6, 6.07) is 0. The van der Waals surface area contributed by atoms with Crippen LogP contribution in [-0.2, 0) is 4.79 Å². The summed E-state index contributed by atoms with van der Waals surface area (Å²) in [5.74, 6) is -1.11. The molecule has 4 heteroatoms. The van der Waals surface area contributed by atoms with Crippen LogP contribution in [0.3, 0.4) is 0 Å². The van der Waals surface area contributed by atoms with Crippen LogP contribution in [-0.4, -0.2) is 5.97 Å². The molecule has 1 unspecified atom stereocenters. The molecule has 0 saturated heterocycles. The molecule has 1 atom stereocenters. The summed E-state index contributed by atoms with van der Waals surface area (Å²) in [5, 5.41) is 10.3. The van der Waals surface area contributed by atoms with Crippen LogP contribution >= 0.6 is 0 Å². The molecule has 0 amide bonds. The number of carboxylic acid groups (broad SMARTS) is 1. The van der Waals surface area contributed by atoms with Crippen molar-refractivity contribution in [3.63, 3.8) is 0 Å². The second-order valence-electron chi connectivity index (χ2n) is 2.57. The van der Waals surface area contributed by atoms with Crippen molar-refractivity contribution in [3.8, 4) is 0 Å². The molecule has 0 saturated carbocycles. The van der Waals surface area contributed by atoms with Crippen LogP contribution in [0.4, 0.5) is 0 Å². The summed E-state index contributed by atoms with van der Waals surface area (Å²) in [6.07, 6.45) is 3.52. The molecule has 0 aromatic heterocycles. The third-order valence-electron chi connectivity index (χ3n) is 1.73. The van der Waals surface area contributed by atoms with E-state index >= 15 is 0 Å². The third kappa shape index (κ3) is 10.8. The van der Waals surface area contributed by atoms with Gasteiger partial charge in [0.15, 0.2) is 0 Å². The second kappa shape index (κ2) is 13.7. The van der Waals surface area contributed by atoms with Crippen LogP contribution in [0.15, 0.2) is 0 Å². The predicted octanol–water partition coefficient (Wildman–Crippen LogP) is -4.93. The van der Waals surface area contributed by atoms with Crippen LogP contribution in [0.1, 0.15) is 41.0 Å². The normalized spacial score (nSPS) is 10.8. The van der Waals surface area contributed by atoms with Gasteiger partial charge in [-0.2, -0.15) is 0 Å². The van der Waals surface area contributed by atoms with Gasteiger partial charge in [0.25, 0.3) is 0 Å². The molecule has 0 fully saturated rings. The molecule has 12 heavy (non-hydrogen) atoms. The van der Waals surface area contributed by atoms with Crippen LogP contribution in [0, 0.1) is 5.92 Å². The first-order valence-corrected chi connectivity index (χ1v) is 3.93. The van der Waals surface area contributed by atoms with Crippen LogP contribution < -0.4 is 108 Å². The molecule has 0 rings (SSSR count). The third-order valence-corrected chi connectivity index (χ3v) is 1.73. The van der Waals surface area contributed by atoms with Crippen LogP contribution in [0.25, 0.3) is 0 Å². The number of carbonyl (C=O) groups is 1. The fourth-order valence-electron chi connectivity index (χ4n) is 0.939. The zero-order valence-corrected chi connectivity index (χ0v) is 15.0. The summed E-state index contributed by atoms with van der Waals surface area (Å²) >= 11 is 0. The summed E-state index contributed by atoms with van der Waals surface area (Å²) in [6.45, 7) is 3.94. The molecule has 0 aromatic rings. The van der Waals surface area contributed by atoms with Crippen LogP contribution in [0.5, 0.6) is 0 Å². The minimum atomic E-state index is -0.893. The minimum Gasteiger partial charge on any atom is -1.00 e. The van der Waals surface area contributed by atoms with E-state index in [1.165, 1.54) is 0 Å². The molecular weight excluding hydrogens is 206 g/mol. The molecule has 0 aliphatic rings. The number of aliphatic carboxylic acids is 1. The molecule has 0 heterocycles. The Kier molecular flexibility index (Phi) is 23.1. The van der Waals surface area contributed by atoms with E-state index in [0.717, 1.165) is 19.3 Å². The number of unbranched alkanes of at least 4 members (excludes halogenated alkanes) is 1. The first-order chi connectivity index (χ1) is 4.72. The number of rotatable bonds is 5. The van der Waals surface area contributed by atoms with E-state index in [1.54, 1.807) is 0 Å². The minimum absolute atomic E-state index is 0. The number of hydrogen-bond donors (Lipinski definition) is 0. The van der Waals surface area contributed by atoms with E-state index in [1.807, 2.05) is 6.92 Å². The second-order valence-corrected chi connectivity index (χ2v) is 2.57. The molecule has 0 bridgehead atoms. The van der Waals surface area contributed by atoms with Gasteiger partial charge >= 0.3 is 103 Å². The van der Waals surface area contributed by atoms with Gasteiger partial charge in [-0.15, -0.1) is 0 Å². The number of carbonyl (C=O) groups excluding carboxylic acids is 1. The molecular formula is C8H16K2O2. The largest absolute Gasteiger partial charge is 1.00 e. The van der Waals surface area contributed by atoms with Gasteiger partial charge in [-0.05, 0) is 18.8 Å². The van der Waals surface area contributed by atoms with E-state index in [4.69, 9.17) is 0 Å². The summed E-state index contributed by atoms with van der Waals surface area (Å²) in [4.78, 5) is 10.3. The topological polar surface area (TPSA) is 40.1 Å².